The summed E-state index contributed by atoms with van der Waals surface area (Å²) < 4.78 is 0. The first kappa shape index (κ1) is 7.60. The van der Waals surface area contributed by atoms with E-state index in [2.05, 4.69) is 19.2 Å². The summed E-state index contributed by atoms with van der Waals surface area (Å²) in [6.07, 6.45) is 2.94. The fourth-order valence-electron chi connectivity index (χ4n) is 2.50. The molecule has 2 atom stereocenters. The van der Waals surface area contributed by atoms with Crippen LogP contribution >= 0.6 is 0 Å². The van der Waals surface area contributed by atoms with Gasteiger partial charge >= 0.3 is 0 Å². The van der Waals surface area contributed by atoms with Crippen LogP contribution in [0.25, 0.3) is 0 Å². The van der Waals surface area contributed by atoms with Gasteiger partial charge in [0.25, 0.3) is 0 Å². The summed E-state index contributed by atoms with van der Waals surface area (Å²) >= 11 is 0. The zero-order valence-electron chi connectivity index (χ0n) is 7.64. The maximum absolute atomic E-state index is 3.44. The van der Waals surface area contributed by atoms with E-state index in [4.69, 9.17) is 0 Å². The van der Waals surface area contributed by atoms with Crippen LogP contribution in [-0.2, 0) is 0 Å². The smallest absolute Gasteiger partial charge is 0.00144 e. The van der Waals surface area contributed by atoms with Crippen molar-refractivity contribution >= 4 is 0 Å². The Morgan fingerprint density at radius 2 is 1.91 bits per heavy atom. The summed E-state index contributed by atoms with van der Waals surface area (Å²) in [4.78, 5) is 0. The summed E-state index contributed by atoms with van der Waals surface area (Å²) in [5.74, 6) is 4.17. The molecule has 0 spiro atoms. The highest BCUT2D eigenvalue weighted by molar-refractivity contribution is 5.03. The number of fused-ring (bicyclic) bond motifs is 1. The highest BCUT2D eigenvalue weighted by Gasteiger charge is 2.51. The molecule has 0 aromatic carbocycles. The monoisotopic (exact) mass is 153 g/mol. The van der Waals surface area contributed by atoms with E-state index in [1.54, 1.807) is 0 Å². The van der Waals surface area contributed by atoms with E-state index >= 15 is 0 Å². The standard InChI is InChI=1S/C10H19N/c1-7(2)3-4-8-9-5-11-6-10(8)9/h7-11H,3-6H2,1-2H3. The van der Waals surface area contributed by atoms with Gasteiger partial charge in [-0.3, -0.25) is 0 Å². The molecule has 2 rings (SSSR count). The van der Waals surface area contributed by atoms with Crippen LogP contribution in [0, 0.1) is 23.7 Å². The van der Waals surface area contributed by atoms with Gasteiger partial charge < -0.3 is 5.32 Å². The van der Waals surface area contributed by atoms with Crippen molar-refractivity contribution in [2.75, 3.05) is 13.1 Å². The van der Waals surface area contributed by atoms with Crippen molar-refractivity contribution in [1.82, 2.24) is 5.32 Å². The van der Waals surface area contributed by atoms with Crippen LogP contribution < -0.4 is 5.32 Å². The van der Waals surface area contributed by atoms with Gasteiger partial charge in [-0.2, -0.15) is 0 Å². The van der Waals surface area contributed by atoms with Crippen LogP contribution in [0.15, 0.2) is 0 Å². The number of rotatable bonds is 3. The topological polar surface area (TPSA) is 12.0 Å². The van der Waals surface area contributed by atoms with Gasteiger partial charge in [0, 0.05) is 0 Å². The van der Waals surface area contributed by atoms with Crippen molar-refractivity contribution in [2.24, 2.45) is 23.7 Å². The molecule has 11 heavy (non-hydrogen) atoms. The molecule has 64 valence electrons. The van der Waals surface area contributed by atoms with Crippen molar-refractivity contribution in [3.8, 4) is 0 Å². The summed E-state index contributed by atoms with van der Waals surface area (Å²) in [7, 11) is 0. The molecular weight excluding hydrogens is 134 g/mol. The summed E-state index contributed by atoms with van der Waals surface area (Å²) in [5, 5.41) is 3.44. The van der Waals surface area contributed by atoms with Gasteiger partial charge in [-0.15, -0.1) is 0 Å². The highest BCUT2D eigenvalue weighted by Crippen LogP contribution is 2.51. The minimum Gasteiger partial charge on any atom is -0.316 e. The predicted molar refractivity (Wildman–Crippen MR) is 47.4 cm³/mol. The molecule has 1 heterocycles. The Morgan fingerprint density at radius 1 is 1.27 bits per heavy atom. The van der Waals surface area contributed by atoms with Crippen molar-refractivity contribution in [1.29, 1.82) is 0 Å². The molecule has 2 aliphatic rings. The minimum atomic E-state index is 0.907. The molecule has 0 bridgehead atoms. The molecule has 1 N–H and O–H groups in total. The van der Waals surface area contributed by atoms with E-state index in [-0.39, 0.29) is 0 Å². The van der Waals surface area contributed by atoms with E-state index in [1.807, 2.05) is 0 Å². The summed E-state index contributed by atoms with van der Waals surface area (Å²) in [6.45, 7) is 7.29. The average molecular weight is 153 g/mol. The number of hydrogen-bond acceptors (Lipinski definition) is 1. The fraction of sp³-hybridized carbons (Fsp3) is 1.00. The number of piperidine rings is 1. The molecule has 1 heteroatoms. The third-order valence-corrected chi connectivity index (χ3v) is 3.35. The Kier molecular flexibility index (Phi) is 1.92. The van der Waals surface area contributed by atoms with Gasteiger partial charge in [-0.05, 0) is 43.2 Å². The molecule has 0 aromatic heterocycles. The van der Waals surface area contributed by atoms with Crippen LogP contribution in [0.5, 0.6) is 0 Å². The van der Waals surface area contributed by atoms with Crippen molar-refractivity contribution in [2.45, 2.75) is 26.7 Å². The van der Waals surface area contributed by atoms with Gasteiger partial charge in [-0.1, -0.05) is 20.3 Å². The first-order chi connectivity index (χ1) is 5.29. The first-order valence-corrected chi connectivity index (χ1v) is 4.99. The van der Waals surface area contributed by atoms with Gasteiger partial charge in [-0.25, -0.2) is 0 Å². The summed E-state index contributed by atoms with van der Waals surface area (Å²) in [6, 6.07) is 0. The number of nitrogens with one attached hydrogen (secondary N) is 1. The zero-order valence-corrected chi connectivity index (χ0v) is 7.64. The SMILES string of the molecule is CC(C)CCC1C2CNCC12. The van der Waals surface area contributed by atoms with Crippen LogP contribution in [0.4, 0.5) is 0 Å². The molecule has 1 nitrogen and oxygen atoms in total. The Balaban J connectivity index is 1.67. The zero-order chi connectivity index (χ0) is 7.84. The van der Waals surface area contributed by atoms with Gasteiger partial charge in [0.2, 0.25) is 0 Å². The van der Waals surface area contributed by atoms with Gasteiger partial charge in [0.15, 0.2) is 0 Å². The third-order valence-electron chi connectivity index (χ3n) is 3.35. The van der Waals surface area contributed by atoms with E-state index in [9.17, 15) is 0 Å². The molecule has 1 saturated carbocycles. The van der Waals surface area contributed by atoms with Crippen LogP contribution in [0.2, 0.25) is 0 Å². The Hall–Kier alpha value is -0.0400. The molecular formula is C10H19N. The van der Waals surface area contributed by atoms with E-state index in [1.165, 1.54) is 25.9 Å². The average Bonchev–Trinajstić information content (AvgIpc) is 2.44. The van der Waals surface area contributed by atoms with Crippen LogP contribution in [-0.4, -0.2) is 13.1 Å². The minimum absolute atomic E-state index is 0.907. The molecule has 0 radical (unpaired) electrons. The summed E-state index contributed by atoms with van der Waals surface area (Å²) in [5.41, 5.74) is 0. The second kappa shape index (κ2) is 2.78. The molecule has 2 fully saturated rings. The fourth-order valence-corrected chi connectivity index (χ4v) is 2.50. The molecule has 0 amide bonds. The predicted octanol–water partition coefficient (Wildman–Crippen LogP) is 1.89. The first-order valence-electron chi connectivity index (χ1n) is 4.99. The van der Waals surface area contributed by atoms with Gasteiger partial charge in [0.05, 0.1) is 0 Å². The molecule has 1 saturated heterocycles. The molecule has 0 aromatic rings. The second-order valence-electron chi connectivity index (χ2n) is 4.62. The van der Waals surface area contributed by atoms with E-state index < -0.39 is 0 Å². The van der Waals surface area contributed by atoms with Crippen LogP contribution in [0.3, 0.4) is 0 Å². The lowest BCUT2D eigenvalue weighted by molar-refractivity contribution is 0.477. The largest absolute Gasteiger partial charge is 0.316 e. The van der Waals surface area contributed by atoms with Gasteiger partial charge in [0.1, 0.15) is 0 Å². The van der Waals surface area contributed by atoms with Crippen molar-refractivity contribution in [3.63, 3.8) is 0 Å². The Labute approximate surface area is 69.6 Å². The lowest BCUT2D eigenvalue weighted by Gasteiger charge is -2.05. The molecule has 2 unspecified atom stereocenters. The van der Waals surface area contributed by atoms with E-state index in [0.29, 0.717) is 0 Å². The van der Waals surface area contributed by atoms with Crippen molar-refractivity contribution < 1.29 is 0 Å². The lowest BCUT2D eigenvalue weighted by atomic mass is 10.0. The maximum atomic E-state index is 3.44. The quantitative estimate of drug-likeness (QED) is 0.653. The van der Waals surface area contributed by atoms with E-state index in [0.717, 1.165) is 23.7 Å². The molecule has 1 aliphatic carbocycles. The van der Waals surface area contributed by atoms with Crippen molar-refractivity contribution in [3.05, 3.63) is 0 Å². The normalized spacial score (nSPS) is 41.2. The third kappa shape index (κ3) is 1.44. The maximum Gasteiger partial charge on any atom is -0.00144 e. The highest BCUT2D eigenvalue weighted by atomic mass is 15.0. The second-order valence-corrected chi connectivity index (χ2v) is 4.62. The van der Waals surface area contributed by atoms with Crippen LogP contribution in [0.1, 0.15) is 26.7 Å². The Morgan fingerprint density at radius 3 is 2.45 bits per heavy atom. The number of hydrogen-bond donors (Lipinski definition) is 1. The lowest BCUT2D eigenvalue weighted by Crippen LogP contribution is -2.14. The molecule has 1 aliphatic heterocycles. The Bertz CT molecular complexity index is 132.